The molecule has 5 heteroatoms. The van der Waals surface area contributed by atoms with E-state index >= 15 is 0 Å². The number of hydrogen-bond donors (Lipinski definition) is 0. The number of likely N-dealkylation sites (N-methyl/N-ethyl adjacent to an activating group) is 1. The smallest absolute Gasteiger partial charge is 0.214 e. The fraction of sp³-hybridized carbons (Fsp3) is 0.421. The first-order valence-corrected chi connectivity index (χ1v) is 8.31. The van der Waals surface area contributed by atoms with E-state index in [1.54, 1.807) is 7.11 Å². The summed E-state index contributed by atoms with van der Waals surface area (Å²) >= 11 is 0. The minimum Gasteiger partial charge on any atom is -0.492 e. The number of benzene rings is 1. The number of hydrogen-bond acceptors (Lipinski definition) is 5. The quantitative estimate of drug-likeness (QED) is 0.813. The Kier molecular flexibility index (Phi) is 5.67. The first-order chi connectivity index (χ1) is 11.7. The van der Waals surface area contributed by atoms with Gasteiger partial charge in [-0.05, 0) is 36.4 Å². The maximum Gasteiger partial charge on any atom is 0.214 e. The third-order valence-corrected chi connectivity index (χ3v) is 4.34. The average molecular weight is 326 g/mol. The molecule has 24 heavy (non-hydrogen) atoms. The van der Waals surface area contributed by atoms with Gasteiger partial charge in [0.05, 0.1) is 13.3 Å². The number of piperazine rings is 1. The minimum atomic E-state index is 0.569. The molecule has 2 aromatic rings. The van der Waals surface area contributed by atoms with Crippen molar-refractivity contribution >= 4 is 0 Å². The molecule has 1 radical (unpaired) electrons. The van der Waals surface area contributed by atoms with E-state index in [0.717, 1.165) is 56.2 Å². The van der Waals surface area contributed by atoms with E-state index in [4.69, 9.17) is 9.47 Å². The van der Waals surface area contributed by atoms with E-state index in [1.165, 1.54) is 0 Å². The van der Waals surface area contributed by atoms with Crippen LogP contribution in [0.5, 0.6) is 11.6 Å². The number of methoxy groups -OCH3 is 1. The van der Waals surface area contributed by atoms with Crippen molar-refractivity contribution in [3.05, 3.63) is 42.6 Å². The van der Waals surface area contributed by atoms with Gasteiger partial charge in [-0.25, -0.2) is 4.98 Å². The van der Waals surface area contributed by atoms with E-state index in [-0.39, 0.29) is 0 Å². The SMILES string of the molecule is COc1cc(-c2ccc(OCCN3CCN(C)CC3)cc2)c[c]n1. The fourth-order valence-corrected chi connectivity index (χ4v) is 2.75. The third-order valence-electron chi connectivity index (χ3n) is 4.34. The van der Waals surface area contributed by atoms with Gasteiger partial charge < -0.3 is 14.4 Å². The fourth-order valence-electron chi connectivity index (χ4n) is 2.75. The van der Waals surface area contributed by atoms with Gasteiger partial charge in [0, 0.05) is 38.8 Å². The van der Waals surface area contributed by atoms with Crippen LogP contribution < -0.4 is 9.47 Å². The van der Waals surface area contributed by atoms with Gasteiger partial charge in [-0.15, -0.1) is 0 Å². The Bertz CT molecular complexity index is 637. The highest BCUT2D eigenvalue weighted by atomic mass is 16.5. The Labute approximate surface area is 143 Å². The Hall–Kier alpha value is -2.11. The van der Waals surface area contributed by atoms with Crippen LogP contribution in [0.25, 0.3) is 11.1 Å². The number of rotatable bonds is 6. The van der Waals surface area contributed by atoms with Gasteiger partial charge in [-0.2, -0.15) is 0 Å². The summed E-state index contributed by atoms with van der Waals surface area (Å²) in [5.41, 5.74) is 2.13. The highest BCUT2D eigenvalue weighted by molar-refractivity contribution is 5.64. The van der Waals surface area contributed by atoms with E-state index in [9.17, 15) is 0 Å². The minimum absolute atomic E-state index is 0.569. The molecule has 0 N–H and O–H groups in total. The van der Waals surface area contributed by atoms with Gasteiger partial charge >= 0.3 is 0 Å². The summed E-state index contributed by atoms with van der Waals surface area (Å²) in [6.07, 6.45) is 2.85. The van der Waals surface area contributed by atoms with E-state index in [1.807, 2.05) is 36.4 Å². The lowest BCUT2D eigenvalue weighted by atomic mass is 10.1. The van der Waals surface area contributed by atoms with E-state index < -0.39 is 0 Å². The molecule has 0 saturated carbocycles. The molecule has 1 fully saturated rings. The third kappa shape index (κ3) is 4.46. The van der Waals surface area contributed by atoms with Crippen LogP contribution in [0.3, 0.4) is 0 Å². The van der Waals surface area contributed by atoms with Crippen molar-refractivity contribution in [1.29, 1.82) is 0 Å². The molecule has 1 aromatic heterocycles. The molecule has 1 aromatic carbocycles. The maximum absolute atomic E-state index is 5.87. The van der Waals surface area contributed by atoms with Gasteiger partial charge in [0.2, 0.25) is 5.88 Å². The number of aromatic nitrogens is 1. The zero-order chi connectivity index (χ0) is 16.8. The highest BCUT2D eigenvalue weighted by Gasteiger charge is 2.13. The van der Waals surface area contributed by atoms with Gasteiger partial charge in [0.25, 0.3) is 0 Å². The molecule has 0 aliphatic carbocycles. The van der Waals surface area contributed by atoms with Crippen LogP contribution in [-0.4, -0.2) is 68.3 Å². The second-order valence-corrected chi connectivity index (χ2v) is 6.05. The second-order valence-electron chi connectivity index (χ2n) is 6.05. The van der Waals surface area contributed by atoms with Crippen molar-refractivity contribution < 1.29 is 9.47 Å². The van der Waals surface area contributed by atoms with Crippen LogP contribution >= 0.6 is 0 Å². The van der Waals surface area contributed by atoms with Crippen molar-refractivity contribution in [2.45, 2.75) is 0 Å². The number of ether oxygens (including phenoxy) is 2. The Morgan fingerprint density at radius 2 is 1.83 bits per heavy atom. The molecular formula is C19H24N3O2. The molecule has 0 unspecified atom stereocenters. The number of pyridine rings is 1. The highest BCUT2D eigenvalue weighted by Crippen LogP contribution is 2.24. The summed E-state index contributed by atoms with van der Waals surface area (Å²) in [5, 5.41) is 0. The van der Waals surface area contributed by atoms with E-state index in [0.29, 0.717) is 5.88 Å². The van der Waals surface area contributed by atoms with Crippen molar-refractivity contribution in [2.24, 2.45) is 0 Å². The lowest BCUT2D eigenvalue weighted by Crippen LogP contribution is -2.45. The Morgan fingerprint density at radius 3 is 2.54 bits per heavy atom. The summed E-state index contributed by atoms with van der Waals surface area (Å²) in [5.74, 6) is 1.47. The molecule has 127 valence electrons. The van der Waals surface area contributed by atoms with Crippen LogP contribution in [0.15, 0.2) is 36.4 Å². The predicted molar refractivity (Wildman–Crippen MR) is 94.5 cm³/mol. The average Bonchev–Trinajstić information content (AvgIpc) is 2.64. The summed E-state index contributed by atoms with van der Waals surface area (Å²) in [7, 11) is 3.78. The summed E-state index contributed by atoms with van der Waals surface area (Å²) in [4.78, 5) is 8.83. The largest absolute Gasteiger partial charge is 0.492 e. The van der Waals surface area contributed by atoms with Crippen molar-refractivity contribution in [2.75, 3.05) is 53.5 Å². The monoisotopic (exact) mass is 326 g/mol. The standard InChI is InChI=1S/C19H24N3O2/c1-21-9-11-22(12-10-21)13-14-24-18-5-3-16(4-6-18)17-7-8-20-19(15-17)23-2/h3-7,15H,9-14H2,1-2H3. The summed E-state index contributed by atoms with van der Waals surface area (Å²) in [6, 6.07) is 11.9. The zero-order valence-electron chi connectivity index (χ0n) is 14.4. The Balaban J connectivity index is 1.51. The number of nitrogens with zero attached hydrogens (tertiary/aromatic N) is 3. The van der Waals surface area contributed by atoms with Gasteiger partial charge in [0.15, 0.2) is 0 Å². The molecule has 1 aliphatic heterocycles. The molecule has 0 spiro atoms. The predicted octanol–water partition coefficient (Wildman–Crippen LogP) is 2.18. The lowest BCUT2D eigenvalue weighted by Gasteiger charge is -2.32. The maximum atomic E-state index is 5.87. The van der Waals surface area contributed by atoms with Crippen LogP contribution in [-0.2, 0) is 0 Å². The molecule has 5 nitrogen and oxygen atoms in total. The van der Waals surface area contributed by atoms with Crippen LogP contribution in [0.2, 0.25) is 0 Å². The molecule has 0 amide bonds. The molecule has 2 heterocycles. The van der Waals surface area contributed by atoms with Crippen LogP contribution in [0.4, 0.5) is 0 Å². The van der Waals surface area contributed by atoms with Gasteiger partial charge in [-0.1, -0.05) is 12.1 Å². The van der Waals surface area contributed by atoms with Gasteiger partial charge in [0.1, 0.15) is 12.4 Å². The van der Waals surface area contributed by atoms with E-state index in [2.05, 4.69) is 28.0 Å². The molecular weight excluding hydrogens is 302 g/mol. The van der Waals surface area contributed by atoms with Crippen molar-refractivity contribution in [1.82, 2.24) is 14.8 Å². The first-order valence-electron chi connectivity index (χ1n) is 8.31. The normalized spacial score (nSPS) is 16.1. The topological polar surface area (TPSA) is 37.8 Å². The first kappa shape index (κ1) is 16.7. The van der Waals surface area contributed by atoms with Gasteiger partial charge in [-0.3, -0.25) is 4.90 Å². The van der Waals surface area contributed by atoms with Crippen LogP contribution in [0.1, 0.15) is 0 Å². The van der Waals surface area contributed by atoms with Crippen molar-refractivity contribution in [3.8, 4) is 22.8 Å². The second kappa shape index (κ2) is 8.13. The Morgan fingerprint density at radius 1 is 1.08 bits per heavy atom. The lowest BCUT2D eigenvalue weighted by molar-refractivity contribution is 0.134. The molecule has 0 bridgehead atoms. The van der Waals surface area contributed by atoms with Crippen molar-refractivity contribution in [3.63, 3.8) is 0 Å². The molecule has 1 aliphatic rings. The zero-order valence-corrected chi connectivity index (χ0v) is 14.4. The molecule has 3 rings (SSSR count). The summed E-state index contributed by atoms with van der Waals surface area (Å²) in [6.45, 7) is 6.23. The summed E-state index contributed by atoms with van der Waals surface area (Å²) < 4.78 is 11.0. The molecule has 1 saturated heterocycles. The van der Waals surface area contributed by atoms with Crippen LogP contribution in [0, 0.1) is 6.20 Å². The molecule has 0 atom stereocenters.